The van der Waals surface area contributed by atoms with Crippen LogP contribution in [0.1, 0.15) is 36.7 Å². The van der Waals surface area contributed by atoms with E-state index in [1.54, 1.807) is 6.07 Å². The summed E-state index contributed by atoms with van der Waals surface area (Å²) >= 11 is 0. The van der Waals surface area contributed by atoms with Gasteiger partial charge in [0.2, 0.25) is 8.32 Å². The molecule has 2 aromatic rings. The van der Waals surface area contributed by atoms with E-state index in [4.69, 9.17) is 19.6 Å². The second-order valence-corrected chi connectivity index (χ2v) is 13.2. The molecule has 29 heavy (non-hydrogen) atoms. The number of benzene rings is 2. The standard InChI is InChI=1S/C22H32N2O4Si/c1-22(2,3)29(6,7)28-16-9-11-19(18(23)13-16)24-14-15-8-10-17(21(25)27-5)20(12-15)26-4/h8-13,24H,14,23H2,1-7H3. The predicted octanol–water partition coefficient (Wildman–Crippen LogP) is 5.06. The van der Waals surface area contributed by atoms with Crippen molar-refractivity contribution >= 4 is 25.7 Å². The minimum Gasteiger partial charge on any atom is -0.543 e. The molecule has 2 rings (SSSR count). The summed E-state index contributed by atoms with van der Waals surface area (Å²) in [6.45, 7) is 11.6. The number of esters is 1. The molecule has 0 aliphatic rings. The lowest BCUT2D eigenvalue weighted by atomic mass is 10.1. The summed E-state index contributed by atoms with van der Waals surface area (Å²) < 4.78 is 16.4. The highest BCUT2D eigenvalue weighted by Crippen LogP contribution is 2.38. The number of anilines is 2. The highest BCUT2D eigenvalue weighted by atomic mass is 28.4. The summed E-state index contributed by atoms with van der Waals surface area (Å²) in [5.41, 5.74) is 9.03. The van der Waals surface area contributed by atoms with Crippen molar-refractivity contribution in [2.24, 2.45) is 0 Å². The molecule has 0 aliphatic carbocycles. The second kappa shape index (κ2) is 8.78. The molecule has 6 nitrogen and oxygen atoms in total. The maximum absolute atomic E-state index is 11.8. The van der Waals surface area contributed by atoms with Gasteiger partial charge in [-0.05, 0) is 48.0 Å². The van der Waals surface area contributed by atoms with Gasteiger partial charge in [-0.2, -0.15) is 0 Å². The van der Waals surface area contributed by atoms with Crippen LogP contribution in [0.25, 0.3) is 0 Å². The highest BCUT2D eigenvalue weighted by Gasteiger charge is 2.39. The molecule has 0 bridgehead atoms. The van der Waals surface area contributed by atoms with Crippen LogP contribution in [0, 0.1) is 0 Å². The maximum atomic E-state index is 11.8. The Hall–Kier alpha value is -2.67. The molecule has 2 aromatic carbocycles. The van der Waals surface area contributed by atoms with E-state index in [0.29, 0.717) is 23.5 Å². The number of ether oxygens (including phenoxy) is 2. The molecular formula is C22H32N2O4Si. The average molecular weight is 417 g/mol. The Balaban J connectivity index is 2.11. The number of hydrogen-bond acceptors (Lipinski definition) is 6. The van der Waals surface area contributed by atoms with Crippen molar-refractivity contribution in [3.05, 3.63) is 47.5 Å². The highest BCUT2D eigenvalue weighted by molar-refractivity contribution is 6.74. The molecule has 0 saturated heterocycles. The molecule has 0 amide bonds. The normalized spacial score (nSPS) is 11.7. The van der Waals surface area contributed by atoms with E-state index >= 15 is 0 Å². The summed E-state index contributed by atoms with van der Waals surface area (Å²) in [6.07, 6.45) is 0. The second-order valence-electron chi connectivity index (χ2n) is 8.49. The number of carbonyl (C=O) groups excluding carboxylic acids is 1. The van der Waals surface area contributed by atoms with E-state index in [1.807, 2.05) is 30.3 Å². The fraction of sp³-hybridized carbons (Fsp3) is 0.409. The summed E-state index contributed by atoms with van der Waals surface area (Å²) in [7, 11) is 0.958. The molecule has 0 atom stereocenters. The van der Waals surface area contributed by atoms with Crippen LogP contribution in [-0.2, 0) is 11.3 Å². The van der Waals surface area contributed by atoms with Gasteiger partial charge < -0.3 is 25.0 Å². The van der Waals surface area contributed by atoms with E-state index in [-0.39, 0.29) is 5.04 Å². The van der Waals surface area contributed by atoms with Gasteiger partial charge in [0, 0.05) is 12.6 Å². The zero-order valence-electron chi connectivity index (χ0n) is 18.4. The zero-order valence-corrected chi connectivity index (χ0v) is 19.4. The SMILES string of the molecule is COC(=O)c1ccc(CNc2ccc(O[Si](C)(C)C(C)(C)C)cc2N)cc1OC. The van der Waals surface area contributed by atoms with E-state index in [2.05, 4.69) is 39.2 Å². The Morgan fingerprint density at radius 1 is 1.10 bits per heavy atom. The number of carbonyl (C=O) groups is 1. The van der Waals surface area contributed by atoms with Gasteiger partial charge in [-0.3, -0.25) is 0 Å². The van der Waals surface area contributed by atoms with Crippen LogP contribution in [-0.4, -0.2) is 28.5 Å². The van der Waals surface area contributed by atoms with Gasteiger partial charge in [-0.1, -0.05) is 26.8 Å². The molecule has 7 heteroatoms. The molecule has 0 radical (unpaired) electrons. The summed E-state index contributed by atoms with van der Waals surface area (Å²) in [6, 6.07) is 11.1. The minimum absolute atomic E-state index is 0.119. The minimum atomic E-state index is -1.91. The smallest absolute Gasteiger partial charge is 0.341 e. The van der Waals surface area contributed by atoms with Crippen LogP contribution in [0.15, 0.2) is 36.4 Å². The quantitative estimate of drug-likeness (QED) is 0.373. The van der Waals surface area contributed by atoms with Crippen LogP contribution < -0.4 is 20.2 Å². The Kier molecular flexibility index (Phi) is 6.84. The van der Waals surface area contributed by atoms with Crippen molar-refractivity contribution in [1.82, 2.24) is 0 Å². The number of rotatable bonds is 7. The fourth-order valence-corrected chi connectivity index (χ4v) is 3.56. The lowest BCUT2D eigenvalue weighted by molar-refractivity contribution is 0.0597. The monoisotopic (exact) mass is 416 g/mol. The van der Waals surface area contributed by atoms with Gasteiger partial charge in [-0.25, -0.2) is 4.79 Å². The van der Waals surface area contributed by atoms with Gasteiger partial charge in [0.05, 0.1) is 25.6 Å². The topological polar surface area (TPSA) is 82.8 Å². The van der Waals surface area contributed by atoms with Gasteiger partial charge in [-0.15, -0.1) is 0 Å². The zero-order chi connectivity index (χ0) is 21.8. The first-order valence-electron chi connectivity index (χ1n) is 9.56. The Morgan fingerprint density at radius 2 is 1.79 bits per heavy atom. The molecule has 0 aliphatic heterocycles. The summed E-state index contributed by atoms with van der Waals surface area (Å²) in [4.78, 5) is 11.8. The van der Waals surface area contributed by atoms with Crippen molar-refractivity contribution in [3.63, 3.8) is 0 Å². The van der Waals surface area contributed by atoms with E-state index < -0.39 is 14.3 Å². The number of hydrogen-bond donors (Lipinski definition) is 2. The average Bonchev–Trinajstić information content (AvgIpc) is 2.65. The Labute approximate surface area is 174 Å². The van der Waals surface area contributed by atoms with Gasteiger partial charge in [0.15, 0.2) is 0 Å². The van der Waals surface area contributed by atoms with Crippen LogP contribution in [0.4, 0.5) is 11.4 Å². The fourth-order valence-electron chi connectivity index (χ4n) is 2.53. The van der Waals surface area contributed by atoms with Gasteiger partial charge >= 0.3 is 5.97 Å². The van der Waals surface area contributed by atoms with Crippen molar-refractivity contribution in [1.29, 1.82) is 0 Å². The molecule has 0 heterocycles. The largest absolute Gasteiger partial charge is 0.543 e. The van der Waals surface area contributed by atoms with Crippen molar-refractivity contribution in [2.45, 2.75) is 45.4 Å². The third-order valence-corrected chi connectivity index (χ3v) is 9.71. The molecule has 0 aromatic heterocycles. The van der Waals surface area contributed by atoms with E-state index in [0.717, 1.165) is 17.0 Å². The number of nitrogen functional groups attached to an aromatic ring is 1. The first-order valence-corrected chi connectivity index (χ1v) is 12.5. The molecular weight excluding hydrogens is 384 g/mol. The number of methoxy groups -OCH3 is 2. The van der Waals surface area contributed by atoms with E-state index in [1.165, 1.54) is 14.2 Å². The van der Waals surface area contributed by atoms with E-state index in [9.17, 15) is 4.79 Å². The molecule has 0 spiro atoms. The van der Waals surface area contributed by atoms with Crippen molar-refractivity contribution < 1.29 is 18.7 Å². The van der Waals surface area contributed by atoms with Crippen LogP contribution in [0.3, 0.4) is 0 Å². The maximum Gasteiger partial charge on any atom is 0.341 e. The molecule has 0 unspecified atom stereocenters. The van der Waals surface area contributed by atoms with Crippen LogP contribution in [0.2, 0.25) is 18.1 Å². The Bertz CT molecular complexity index is 876. The molecule has 3 N–H and O–H groups in total. The summed E-state index contributed by atoms with van der Waals surface area (Å²) in [5.74, 6) is 0.842. The third-order valence-electron chi connectivity index (χ3n) is 5.36. The Morgan fingerprint density at radius 3 is 2.34 bits per heavy atom. The molecule has 0 saturated carbocycles. The van der Waals surface area contributed by atoms with Crippen molar-refractivity contribution in [3.8, 4) is 11.5 Å². The third kappa shape index (κ3) is 5.44. The van der Waals surface area contributed by atoms with Crippen LogP contribution in [0.5, 0.6) is 11.5 Å². The van der Waals surface area contributed by atoms with Gasteiger partial charge in [0.1, 0.15) is 17.1 Å². The number of nitrogens with two attached hydrogens (primary N) is 1. The first-order chi connectivity index (χ1) is 13.5. The molecule has 158 valence electrons. The summed E-state index contributed by atoms with van der Waals surface area (Å²) in [5, 5.41) is 3.44. The van der Waals surface area contributed by atoms with Crippen LogP contribution >= 0.6 is 0 Å². The molecule has 0 fully saturated rings. The number of nitrogens with one attached hydrogen (secondary N) is 1. The van der Waals surface area contributed by atoms with Crippen molar-refractivity contribution in [2.75, 3.05) is 25.3 Å². The lowest BCUT2D eigenvalue weighted by Gasteiger charge is -2.36. The predicted molar refractivity (Wildman–Crippen MR) is 120 cm³/mol. The van der Waals surface area contributed by atoms with Gasteiger partial charge in [0.25, 0.3) is 0 Å². The lowest BCUT2D eigenvalue weighted by Crippen LogP contribution is -2.43. The first kappa shape index (κ1) is 22.6.